The van der Waals surface area contributed by atoms with E-state index < -0.39 is 6.04 Å². The zero-order chi connectivity index (χ0) is 15.0. The first kappa shape index (κ1) is 15.8. The number of nitrogens with zero attached hydrogens (tertiary/aromatic N) is 1. The number of carbonyl (C=O) groups is 1. The SMILES string of the molecule is CCCC(NC(=O)c1ccccc1OCC)/C(N)=N/O. The fourth-order valence-corrected chi connectivity index (χ4v) is 1.82. The normalized spacial score (nSPS) is 12.8. The molecule has 0 bridgehead atoms. The van der Waals surface area contributed by atoms with E-state index in [2.05, 4.69) is 10.5 Å². The Morgan fingerprint density at radius 2 is 2.15 bits per heavy atom. The Morgan fingerprint density at radius 1 is 1.45 bits per heavy atom. The summed E-state index contributed by atoms with van der Waals surface area (Å²) in [7, 11) is 0. The number of rotatable bonds is 7. The number of amidine groups is 1. The first-order valence-electron chi connectivity index (χ1n) is 6.64. The Kier molecular flexibility index (Phi) is 6.36. The van der Waals surface area contributed by atoms with Crippen molar-refractivity contribution in [2.45, 2.75) is 32.7 Å². The number of para-hydroxylation sites is 1. The van der Waals surface area contributed by atoms with Gasteiger partial charge in [-0.2, -0.15) is 0 Å². The lowest BCUT2D eigenvalue weighted by Gasteiger charge is -2.17. The monoisotopic (exact) mass is 279 g/mol. The largest absolute Gasteiger partial charge is 0.493 e. The van der Waals surface area contributed by atoms with Gasteiger partial charge in [0.05, 0.1) is 18.2 Å². The Morgan fingerprint density at radius 3 is 2.75 bits per heavy atom. The van der Waals surface area contributed by atoms with Crippen LogP contribution in [-0.2, 0) is 0 Å². The van der Waals surface area contributed by atoms with E-state index in [0.717, 1.165) is 6.42 Å². The summed E-state index contributed by atoms with van der Waals surface area (Å²) in [6.07, 6.45) is 1.40. The molecule has 0 heterocycles. The van der Waals surface area contributed by atoms with E-state index in [1.807, 2.05) is 13.8 Å². The second kappa shape index (κ2) is 8.04. The van der Waals surface area contributed by atoms with E-state index >= 15 is 0 Å². The van der Waals surface area contributed by atoms with Crippen molar-refractivity contribution in [1.82, 2.24) is 5.32 Å². The van der Waals surface area contributed by atoms with Gasteiger partial charge in [-0.1, -0.05) is 30.6 Å². The van der Waals surface area contributed by atoms with Crippen LogP contribution in [0, 0.1) is 0 Å². The Hall–Kier alpha value is -2.24. The highest BCUT2D eigenvalue weighted by Gasteiger charge is 2.19. The third-order valence-electron chi connectivity index (χ3n) is 2.79. The molecule has 0 aromatic heterocycles. The summed E-state index contributed by atoms with van der Waals surface area (Å²) >= 11 is 0. The molecule has 0 aliphatic carbocycles. The molecule has 0 saturated carbocycles. The zero-order valence-corrected chi connectivity index (χ0v) is 11.8. The van der Waals surface area contributed by atoms with Crippen LogP contribution in [0.5, 0.6) is 5.75 Å². The third kappa shape index (κ3) is 4.15. The quantitative estimate of drug-likeness (QED) is 0.306. The topological polar surface area (TPSA) is 96.9 Å². The molecule has 1 unspecified atom stereocenters. The molecule has 0 aliphatic rings. The number of benzene rings is 1. The summed E-state index contributed by atoms with van der Waals surface area (Å²) < 4.78 is 5.41. The van der Waals surface area contributed by atoms with Crippen LogP contribution < -0.4 is 15.8 Å². The van der Waals surface area contributed by atoms with Crippen molar-refractivity contribution in [3.05, 3.63) is 29.8 Å². The summed E-state index contributed by atoms with van der Waals surface area (Å²) in [5, 5.41) is 14.5. The number of carbonyl (C=O) groups excluding carboxylic acids is 1. The zero-order valence-electron chi connectivity index (χ0n) is 11.8. The van der Waals surface area contributed by atoms with E-state index in [4.69, 9.17) is 15.7 Å². The average molecular weight is 279 g/mol. The van der Waals surface area contributed by atoms with Crippen LogP contribution in [0.3, 0.4) is 0 Å². The van der Waals surface area contributed by atoms with Crippen molar-refractivity contribution in [3.63, 3.8) is 0 Å². The lowest BCUT2D eigenvalue weighted by atomic mass is 10.1. The lowest BCUT2D eigenvalue weighted by Crippen LogP contribution is -2.44. The molecule has 6 nitrogen and oxygen atoms in total. The Labute approximate surface area is 118 Å². The molecule has 4 N–H and O–H groups in total. The van der Waals surface area contributed by atoms with E-state index in [1.165, 1.54) is 0 Å². The van der Waals surface area contributed by atoms with Gasteiger partial charge in [-0.05, 0) is 25.5 Å². The molecule has 0 radical (unpaired) electrons. The van der Waals surface area contributed by atoms with Crippen molar-refractivity contribution in [2.75, 3.05) is 6.61 Å². The number of hydrogen-bond donors (Lipinski definition) is 3. The molecular formula is C14H21N3O3. The molecular weight excluding hydrogens is 258 g/mol. The maximum absolute atomic E-state index is 12.3. The fourth-order valence-electron chi connectivity index (χ4n) is 1.82. The van der Waals surface area contributed by atoms with Gasteiger partial charge in [-0.25, -0.2) is 0 Å². The summed E-state index contributed by atoms with van der Waals surface area (Å²) in [6, 6.07) is 6.48. The summed E-state index contributed by atoms with van der Waals surface area (Å²) in [5.41, 5.74) is 6.01. The fraction of sp³-hybridized carbons (Fsp3) is 0.429. The van der Waals surface area contributed by atoms with Gasteiger partial charge in [0.15, 0.2) is 5.84 Å². The highest BCUT2D eigenvalue weighted by molar-refractivity contribution is 6.00. The van der Waals surface area contributed by atoms with Gasteiger partial charge in [0.1, 0.15) is 5.75 Å². The van der Waals surface area contributed by atoms with Crippen LogP contribution in [-0.4, -0.2) is 29.6 Å². The van der Waals surface area contributed by atoms with E-state index in [1.54, 1.807) is 24.3 Å². The number of oxime groups is 1. The number of nitrogens with one attached hydrogen (secondary N) is 1. The van der Waals surface area contributed by atoms with Crippen LogP contribution in [0.25, 0.3) is 0 Å². The predicted molar refractivity (Wildman–Crippen MR) is 77.2 cm³/mol. The van der Waals surface area contributed by atoms with Crippen molar-refractivity contribution in [1.29, 1.82) is 0 Å². The molecule has 0 spiro atoms. The van der Waals surface area contributed by atoms with Crippen molar-refractivity contribution in [3.8, 4) is 5.75 Å². The molecule has 110 valence electrons. The second-order valence-electron chi connectivity index (χ2n) is 4.27. The smallest absolute Gasteiger partial charge is 0.255 e. The molecule has 0 saturated heterocycles. The van der Waals surface area contributed by atoms with Crippen LogP contribution in [0.15, 0.2) is 29.4 Å². The van der Waals surface area contributed by atoms with Gasteiger partial charge in [0.2, 0.25) is 0 Å². The summed E-state index contributed by atoms with van der Waals surface area (Å²) in [6.45, 7) is 4.28. The third-order valence-corrected chi connectivity index (χ3v) is 2.79. The minimum absolute atomic E-state index is 0.00547. The average Bonchev–Trinajstić information content (AvgIpc) is 2.46. The highest BCUT2D eigenvalue weighted by Crippen LogP contribution is 2.18. The minimum atomic E-state index is -0.493. The molecule has 1 amide bonds. The Bertz CT molecular complexity index is 474. The predicted octanol–water partition coefficient (Wildman–Crippen LogP) is 1.73. The van der Waals surface area contributed by atoms with Gasteiger partial charge in [-0.3, -0.25) is 4.79 Å². The number of ether oxygens (including phenoxy) is 1. The van der Waals surface area contributed by atoms with Crippen molar-refractivity contribution < 1.29 is 14.7 Å². The first-order chi connectivity index (χ1) is 9.63. The molecule has 1 aromatic rings. The highest BCUT2D eigenvalue weighted by atomic mass is 16.5. The van der Waals surface area contributed by atoms with Gasteiger partial charge in [0.25, 0.3) is 5.91 Å². The van der Waals surface area contributed by atoms with Crippen molar-refractivity contribution >= 4 is 11.7 Å². The van der Waals surface area contributed by atoms with E-state index in [0.29, 0.717) is 24.3 Å². The minimum Gasteiger partial charge on any atom is -0.493 e. The van der Waals surface area contributed by atoms with Crippen LogP contribution in [0.2, 0.25) is 0 Å². The number of nitrogens with two attached hydrogens (primary N) is 1. The Balaban J connectivity index is 2.89. The molecule has 1 rings (SSSR count). The van der Waals surface area contributed by atoms with Gasteiger partial charge < -0.3 is 21.0 Å². The molecule has 1 atom stereocenters. The number of hydrogen-bond acceptors (Lipinski definition) is 4. The van der Waals surface area contributed by atoms with Crippen LogP contribution in [0.1, 0.15) is 37.0 Å². The second-order valence-corrected chi connectivity index (χ2v) is 4.27. The summed E-state index contributed by atoms with van der Waals surface area (Å²) in [5.74, 6) is 0.204. The van der Waals surface area contributed by atoms with E-state index in [9.17, 15) is 4.79 Å². The first-order valence-corrected chi connectivity index (χ1v) is 6.64. The maximum atomic E-state index is 12.3. The molecule has 0 fully saturated rings. The molecule has 20 heavy (non-hydrogen) atoms. The van der Waals surface area contributed by atoms with Crippen LogP contribution >= 0.6 is 0 Å². The molecule has 6 heteroatoms. The molecule has 0 aliphatic heterocycles. The molecule has 1 aromatic carbocycles. The van der Waals surface area contributed by atoms with Gasteiger partial charge >= 0.3 is 0 Å². The number of amides is 1. The summed E-state index contributed by atoms with van der Waals surface area (Å²) in [4.78, 5) is 12.3. The lowest BCUT2D eigenvalue weighted by molar-refractivity contribution is 0.0941. The maximum Gasteiger partial charge on any atom is 0.255 e. The van der Waals surface area contributed by atoms with E-state index in [-0.39, 0.29) is 11.7 Å². The van der Waals surface area contributed by atoms with Gasteiger partial charge in [-0.15, -0.1) is 0 Å². The van der Waals surface area contributed by atoms with Crippen molar-refractivity contribution in [2.24, 2.45) is 10.9 Å². The van der Waals surface area contributed by atoms with Gasteiger partial charge in [0, 0.05) is 0 Å². The standard InChI is InChI=1S/C14H21N3O3/c1-3-7-11(13(15)17-19)16-14(18)10-8-5-6-9-12(10)20-4-2/h5-6,8-9,11,19H,3-4,7H2,1-2H3,(H2,15,17)(H,16,18). The van der Waals surface area contributed by atoms with Crippen LogP contribution in [0.4, 0.5) is 0 Å².